The number of hydrogen-bond donors (Lipinski definition) is 1. The van der Waals surface area contributed by atoms with Crippen molar-refractivity contribution in [3.8, 4) is 0 Å². The number of aromatic amines is 1. The molecule has 0 unspecified atom stereocenters. The standard InChI is InChI=1S/C11H18N4OS/c1-8-3-5-15(6-4-8)10(16)9(2)17-11-12-7-13-14-11/h7-9H,3-6H2,1-2H3,(H,12,13,14)/t9-/m0/s1. The molecule has 1 amide bonds. The third-order valence-electron chi connectivity index (χ3n) is 3.12. The van der Waals surface area contributed by atoms with Crippen LogP contribution < -0.4 is 0 Å². The number of hydrogen-bond acceptors (Lipinski definition) is 4. The van der Waals surface area contributed by atoms with Crippen LogP contribution in [-0.2, 0) is 4.79 Å². The van der Waals surface area contributed by atoms with E-state index in [1.165, 1.54) is 18.1 Å². The first-order valence-corrected chi connectivity index (χ1v) is 6.85. The van der Waals surface area contributed by atoms with E-state index in [4.69, 9.17) is 0 Å². The van der Waals surface area contributed by atoms with Crippen molar-refractivity contribution in [2.45, 2.75) is 37.1 Å². The molecule has 1 aromatic heterocycles. The summed E-state index contributed by atoms with van der Waals surface area (Å²) in [6.45, 7) is 5.95. The van der Waals surface area contributed by atoms with Crippen LogP contribution in [0.3, 0.4) is 0 Å². The van der Waals surface area contributed by atoms with Crippen molar-refractivity contribution >= 4 is 17.7 Å². The number of carbonyl (C=O) groups is 1. The molecule has 1 fully saturated rings. The summed E-state index contributed by atoms with van der Waals surface area (Å²) in [5, 5.41) is 7.14. The number of rotatable bonds is 3. The van der Waals surface area contributed by atoms with Crippen LogP contribution in [0.4, 0.5) is 0 Å². The number of nitrogens with one attached hydrogen (secondary N) is 1. The lowest BCUT2D eigenvalue weighted by molar-refractivity contribution is -0.131. The summed E-state index contributed by atoms with van der Waals surface area (Å²) < 4.78 is 0. The van der Waals surface area contributed by atoms with Crippen molar-refractivity contribution in [2.24, 2.45) is 5.92 Å². The number of aromatic nitrogens is 3. The molecule has 0 saturated carbocycles. The Bertz CT molecular complexity index is 360. The van der Waals surface area contributed by atoms with Gasteiger partial charge in [0, 0.05) is 13.1 Å². The van der Waals surface area contributed by atoms with Crippen LogP contribution >= 0.6 is 11.8 Å². The summed E-state index contributed by atoms with van der Waals surface area (Å²) in [6, 6.07) is 0. The van der Waals surface area contributed by atoms with Crippen molar-refractivity contribution in [2.75, 3.05) is 13.1 Å². The zero-order valence-corrected chi connectivity index (χ0v) is 11.0. The maximum atomic E-state index is 12.2. The highest BCUT2D eigenvalue weighted by Crippen LogP contribution is 2.23. The highest BCUT2D eigenvalue weighted by molar-refractivity contribution is 8.00. The second-order valence-corrected chi connectivity index (χ2v) is 5.89. The molecule has 0 spiro atoms. The number of carbonyl (C=O) groups excluding carboxylic acids is 1. The van der Waals surface area contributed by atoms with Gasteiger partial charge in [-0.05, 0) is 25.7 Å². The molecule has 6 heteroatoms. The Balaban J connectivity index is 1.86. The minimum atomic E-state index is -0.101. The average molecular weight is 254 g/mol. The van der Waals surface area contributed by atoms with E-state index in [9.17, 15) is 4.79 Å². The van der Waals surface area contributed by atoms with Crippen molar-refractivity contribution in [1.29, 1.82) is 0 Å². The fourth-order valence-corrected chi connectivity index (χ4v) is 2.75. The number of piperidine rings is 1. The molecule has 1 aliphatic rings. The molecule has 1 N–H and O–H groups in total. The summed E-state index contributed by atoms with van der Waals surface area (Å²) in [7, 11) is 0. The molecule has 1 aromatic rings. The molecule has 1 saturated heterocycles. The van der Waals surface area contributed by atoms with E-state index in [0.717, 1.165) is 31.8 Å². The van der Waals surface area contributed by atoms with Crippen molar-refractivity contribution < 1.29 is 4.79 Å². The van der Waals surface area contributed by atoms with Crippen LogP contribution in [0.1, 0.15) is 26.7 Å². The van der Waals surface area contributed by atoms with Gasteiger partial charge in [0.25, 0.3) is 0 Å². The zero-order chi connectivity index (χ0) is 12.3. The smallest absolute Gasteiger partial charge is 0.235 e. The molecule has 0 bridgehead atoms. The van der Waals surface area contributed by atoms with Crippen molar-refractivity contribution in [3.05, 3.63) is 6.33 Å². The number of H-pyrrole nitrogens is 1. The molecule has 5 nitrogen and oxygen atoms in total. The van der Waals surface area contributed by atoms with Crippen LogP contribution in [0.15, 0.2) is 11.5 Å². The molecular formula is C11H18N4OS. The Morgan fingerprint density at radius 2 is 2.29 bits per heavy atom. The lowest BCUT2D eigenvalue weighted by Crippen LogP contribution is -2.41. The van der Waals surface area contributed by atoms with Gasteiger partial charge in [0.1, 0.15) is 6.33 Å². The summed E-state index contributed by atoms with van der Waals surface area (Å²) in [4.78, 5) is 18.2. The molecule has 94 valence electrons. The first-order valence-electron chi connectivity index (χ1n) is 5.97. The Morgan fingerprint density at radius 1 is 1.59 bits per heavy atom. The molecule has 0 radical (unpaired) electrons. The van der Waals surface area contributed by atoms with Crippen LogP contribution in [0.25, 0.3) is 0 Å². The largest absolute Gasteiger partial charge is 0.342 e. The highest BCUT2D eigenvalue weighted by Gasteiger charge is 2.25. The quantitative estimate of drug-likeness (QED) is 0.831. The Morgan fingerprint density at radius 3 is 2.88 bits per heavy atom. The summed E-state index contributed by atoms with van der Waals surface area (Å²) >= 11 is 1.43. The molecule has 1 aliphatic heterocycles. The van der Waals surface area contributed by atoms with Crippen LogP contribution in [-0.4, -0.2) is 44.3 Å². The molecule has 17 heavy (non-hydrogen) atoms. The van der Waals surface area contributed by atoms with Crippen LogP contribution in [0.2, 0.25) is 0 Å². The Hall–Kier alpha value is -1.04. The van der Waals surface area contributed by atoms with Gasteiger partial charge in [0.05, 0.1) is 5.25 Å². The monoisotopic (exact) mass is 254 g/mol. The summed E-state index contributed by atoms with van der Waals surface area (Å²) in [5.74, 6) is 0.953. The molecule has 2 rings (SSSR count). The predicted molar refractivity (Wildman–Crippen MR) is 66.7 cm³/mol. The van der Waals surface area contributed by atoms with Crippen LogP contribution in [0, 0.1) is 5.92 Å². The number of likely N-dealkylation sites (tertiary alicyclic amines) is 1. The van der Waals surface area contributed by atoms with Gasteiger partial charge in [-0.3, -0.25) is 9.89 Å². The number of thioether (sulfide) groups is 1. The first kappa shape index (κ1) is 12.4. The zero-order valence-electron chi connectivity index (χ0n) is 10.2. The van der Waals surface area contributed by atoms with Gasteiger partial charge >= 0.3 is 0 Å². The van der Waals surface area contributed by atoms with Crippen LogP contribution in [0.5, 0.6) is 0 Å². The summed E-state index contributed by atoms with van der Waals surface area (Å²) in [6.07, 6.45) is 3.69. The maximum Gasteiger partial charge on any atom is 0.235 e. The first-order chi connectivity index (χ1) is 8.16. The number of amides is 1. The SMILES string of the molecule is CC1CCN(C(=O)[C@H](C)Sc2ncn[nH]2)CC1. The molecule has 0 aromatic carbocycles. The van der Waals surface area contributed by atoms with Gasteiger partial charge in [-0.15, -0.1) is 0 Å². The third-order valence-corrected chi connectivity index (χ3v) is 4.10. The molecule has 2 heterocycles. The second-order valence-electron chi connectivity index (χ2n) is 4.56. The number of nitrogens with zero attached hydrogens (tertiary/aromatic N) is 3. The van der Waals surface area contributed by atoms with Crippen molar-refractivity contribution in [1.82, 2.24) is 20.1 Å². The minimum Gasteiger partial charge on any atom is -0.342 e. The summed E-state index contributed by atoms with van der Waals surface area (Å²) in [5.41, 5.74) is 0. The van der Waals surface area contributed by atoms with E-state index in [1.54, 1.807) is 0 Å². The van der Waals surface area contributed by atoms with Gasteiger partial charge in [0.2, 0.25) is 5.91 Å². The van der Waals surface area contributed by atoms with E-state index in [2.05, 4.69) is 22.1 Å². The van der Waals surface area contributed by atoms with Gasteiger partial charge in [-0.1, -0.05) is 18.7 Å². The Labute approximate surface area is 105 Å². The lowest BCUT2D eigenvalue weighted by Gasteiger charge is -2.31. The van der Waals surface area contributed by atoms with E-state index in [-0.39, 0.29) is 11.2 Å². The van der Waals surface area contributed by atoms with Gasteiger partial charge in [-0.2, -0.15) is 5.10 Å². The predicted octanol–water partition coefficient (Wildman–Crippen LogP) is 1.54. The fraction of sp³-hybridized carbons (Fsp3) is 0.727. The third kappa shape index (κ3) is 3.21. The highest BCUT2D eigenvalue weighted by atomic mass is 32.2. The van der Waals surface area contributed by atoms with E-state index < -0.39 is 0 Å². The van der Waals surface area contributed by atoms with Gasteiger partial charge < -0.3 is 4.90 Å². The van der Waals surface area contributed by atoms with E-state index in [1.807, 2.05) is 11.8 Å². The van der Waals surface area contributed by atoms with Gasteiger partial charge in [-0.25, -0.2) is 4.98 Å². The molecular weight excluding hydrogens is 236 g/mol. The average Bonchev–Trinajstić information content (AvgIpc) is 2.82. The topological polar surface area (TPSA) is 61.9 Å². The molecule has 1 atom stereocenters. The fourth-order valence-electron chi connectivity index (χ4n) is 1.95. The van der Waals surface area contributed by atoms with Gasteiger partial charge in [0.15, 0.2) is 5.16 Å². The maximum absolute atomic E-state index is 12.2. The second kappa shape index (κ2) is 5.53. The van der Waals surface area contributed by atoms with E-state index in [0.29, 0.717) is 5.16 Å². The minimum absolute atomic E-state index is 0.101. The Kier molecular flexibility index (Phi) is 4.04. The molecule has 0 aliphatic carbocycles. The lowest BCUT2D eigenvalue weighted by atomic mass is 9.99. The van der Waals surface area contributed by atoms with Crippen molar-refractivity contribution in [3.63, 3.8) is 0 Å². The normalized spacial score (nSPS) is 19.3. The van der Waals surface area contributed by atoms with E-state index >= 15 is 0 Å².